The molecule has 3 aliphatic heterocycles. The zero-order chi connectivity index (χ0) is 49.6. The van der Waals surface area contributed by atoms with Gasteiger partial charge in [-0.2, -0.15) is 13.2 Å². The molecule has 5 fully saturated rings. The summed E-state index contributed by atoms with van der Waals surface area (Å²) in [4.78, 5) is 70.7. The second-order valence-corrected chi connectivity index (χ2v) is 22.0. The Labute approximate surface area is 410 Å². The number of thioether (sulfide) groups is 1. The minimum atomic E-state index is -4.25. The van der Waals surface area contributed by atoms with Gasteiger partial charge in [-0.15, -0.1) is 6.58 Å². The zero-order valence-electron chi connectivity index (χ0n) is 40.0. The van der Waals surface area contributed by atoms with Gasteiger partial charge in [0.25, 0.3) is 0 Å². The molecule has 8 rings (SSSR count). The van der Waals surface area contributed by atoms with Crippen molar-refractivity contribution in [2.75, 3.05) is 65.3 Å². The molecule has 3 amide bonds. The third-order valence-corrected chi connectivity index (χ3v) is 15.3. The van der Waals surface area contributed by atoms with Crippen molar-refractivity contribution >= 4 is 63.3 Å². The van der Waals surface area contributed by atoms with E-state index in [4.69, 9.17) is 40.5 Å². The van der Waals surface area contributed by atoms with Crippen molar-refractivity contribution in [3.63, 3.8) is 0 Å². The van der Waals surface area contributed by atoms with Crippen LogP contribution in [0.1, 0.15) is 78.5 Å². The van der Waals surface area contributed by atoms with Crippen LogP contribution >= 0.6 is 23.4 Å². The summed E-state index contributed by atoms with van der Waals surface area (Å²) in [5, 5.41) is 10.6. The van der Waals surface area contributed by atoms with Crippen molar-refractivity contribution in [2.45, 2.75) is 115 Å². The van der Waals surface area contributed by atoms with Crippen LogP contribution in [0.2, 0.25) is 5.02 Å². The van der Waals surface area contributed by atoms with E-state index in [1.165, 1.54) is 16.9 Å². The summed E-state index contributed by atoms with van der Waals surface area (Å²) < 4.78 is 62.8. The molecule has 6 aliphatic rings. The Morgan fingerprint density at radius 3 is 2.36 bits per heavy atom. The molecule has 21 heteroatoms. The Morgan fingerprint density at radius 2 is 1.72 bits per heavy atom. The summed E-state index contributed by atoms with van der Waals surface area (Å²) in [6.45, 7) is 14.6. The molecule has 1 aromatic heterocycles. The molecular weight excluding hydrogens is 941 g/mol. The number of ether oxygens (including phenoxy) is 4. The van der Waals surface area contributed by atoms with Crippen LogP contribution in [-0.2, 0) is 23.9 Å². The van der Waals surface area contributed by atoms with Gasteiger partial charge in [-0.25, -0.2) is 14.6 Å². The maximum atomic E-state index is 14.9. The third-order valence-electron chi connectivity index (χ3n) is 14.0. The van der Waals surface area contributed by atoms with E-state index in [1.807, 2.05) is 39.5 Å². The standard InChI is InChI=1S/C48H64ClF3N8O8S/c1-8-29-22-47(29,43(63)65-7)57-41(61)35-20-31(23-60(35)42(62)40(46(4,5)6)56-45(64)68-30-18-27-17-28(27)19-30)67-37-21-33(34-24-69-44(55-34)53-26(2)3)54-39-32(37)9-10-36(38(39)49)66-16-15-58-11-13-59(14-12-58)25-48(50,51)52/h8-10,21,26-31,34-35,40H,1,11-20,22-25H2,2-7H3,(H,53,55)(H,56,64)(H,57,61)/t27-,28+,29-,30?,31-,34?,35+,40-,47?/m1/s1. The molecule has 3 N–H and O–H groups in total. The molecule has 69 heavy (non-hydrogen) atoms. The highest BCUT2D eigenvalue weighted by atomic mass is 35.5. The van der Waals surface area contributed by atoms with Gasteiger partial charge in [-0.1, -0.05) is 50.2 Å². The summed E-state index contributed by atoms with van der Waals surface area (Å²) in [5.41, 5.74) is -1.20. The number of esters is 1. The van der Waals surface area contributed by atoms with Crippen molar-refractivity contribution in [2.24, 2.45) is 28.2 Å². The van der Waals surface area contributed by atoms with Gasteiger partial charge < -0.3 is 39.8 Å². The number of alkyl halides is 3. The molecule has 0 spiro atoms. The minimum absolute atomic E-state index is 0.0260. The third kappa shape index (κ3) is 11.8. The number of nitrogens with one attached hydrogen (secondary N) is 3. The lowest BCUT2D eigenvalue weighted by atomic mass is 9.85. The number of hydrogen-bond acceptors (Lipinski definition) is 14. The Kier molecular flexibility index (Phi) is 15.0. The van der Waals surface area contributed by atoms with E-state index in [0.29, 0.717) is 78.4 Å². The smallest absolute Gasteiger partial charge is 0.408 e. The fourth-order valence-corrected chi connectivity index (χ4v) is 11.4. The molecule has 4 heterocycles. The van der Waals surface area contributed by atoms with Crippen LogP contribution in [-0.4, -0.2) is 156 Å². The lowest BCUT2D eigenvalue weighted by molar-refractivity contribution is -0.149. The highest BCUT2D eigenvalue weighted by Crippen LogP contribution is 2.52. The zero-order valence-corrected chi connectivity index (χ0v) is 41.6. The van der Waals surface area contributed by atoms with Gasteiger partial charge in [-0.05, 0) is 68.9 Å². The maximum absolute atomic E-state index is 14.9. The molecule has 0 bridgehead atoms. The molecule has 1 aromatic carbocycles. The number of aliphatic imine (C=N–C) groups is 1. The van der Waals surface area contributed by atoms with Crippen LogP contribution < -0.4 is 25.4 Å². The highest BCUT2D eigenvalue weighted by molar-refractivity contribution is 8.14. The van der Waals surface area contributed by atoms with Gasteiger partial charge in [0.05, 0.1) is 31.4 Å². The van der Waals surface area contributed by atoms with Gasteiger partial charge in [0.15, 0.2) is 5.17 Å². The number of amidine groups is 1. The van der Waals surface area contributed by atoms with Crippen LogP contribution in [0, 0.1) is 23.2 Å². The van der Waals surface area contributed by atoms with E-state index in [2.05, 4.69) is 22.5 Å². The van der Waals surface area contributed by atoms with E-state index >= 15 is 0 Å². The van der Waals surface area contributed by atoms with Crippen LogP contribution in [0.5, 0.6) is 11.5 Å². The van der Waals surface area contributed by atoms with Gasteiger partial charge in [0.2, 0.25) is 11.8 Å². The quantitative estimate of drug-likeness (QED) is 0.130. The molecule has 3 aliphatic carbocycles. The largest absolute Gasteiger partial charge is 0.491 e. The average molecular weight is 1010 g/mol. The number of carbonyl (C=O) groups is 4. The van der Waals surface area contributed by atoms with Crippen molar-refractivity contribution in [3.8, 4) is 11.5 Å². The number of carbonyl (C=O) groups excluding carboxylic acids is 4. The normalized spacial score (nSPS) is 28.4. The van der Waals surface area contributed by atoms with Crippen LogP contribution in [0.4, 0.5) is 18.0 Å². The van der Waals surface area contributed by atoms with E-state index in [9.17, 15) is 32.3 Å². The van der Waals surface area contributed by atoms with Crippen molar-refractivity contribution in [1.82, 2.24) is 35.6 Å². The van der Waals surface area contributed by atoms with E-state index < -0.39 is 65.7 Å². The number of amides is 3. The van der Waals surface area contributed by atoms with Gasteiger partial charge >= 0.3 is 18.2 Å². The molecule has 3 unspecified atom stereocenters. The van der Waals surface area contributed by atoms with Crippen molar-refractivity contribution in [1.29, 1.82) is 0 Å². The molecule has 9 atom stereocenters. The molecule has 2 saturated heterocycles. The first-order valence-electron chi connectivity index (χ1n) is 23.9. The number of benzene rings is 1. The molecule has 3 saturated carbocycles. The molecular formula is C48H64ClF3N8O8S. The lowest BCUT2D eigenvalue weighted by Crippen LogP contribution is -2.59. The molecule has 16 nitrogen and oxygen atoms in total. The van der Waals surface area contributed by atoms with Crippen LogP contribution in [0.25, 0.3) is 10.9 Å². The number of aromatic nitrogens is 1. The number of rotatable bonds is 16. The SMILES string of the molecule is C=C[C@@H]1CC1(NC(=O)[C@@H]1C[C@@H](Oc2cc(C3CSC(NC(C)C)=N3)nc3c(Cl)c(OCCN4CCN(CC(F)(F)F)CC4)ccc23)CN1C(=O)[C@@H](NC(=O)OC1C[C@@H]2C[C@@H]2C1)C(C)(C)C)C(=O)OC. The predicted octanol–water partition coefficient (Wildman–Crippen LogP) is 6.11. The van der Waals surface area contributed by atoms with E-state index in [-0.39, 0.29) is 55.1 Å². The number of pyridine rings is 1. The first-order valence-corrected chi connectivity index (χ1v) is 25.2. The summed E-state index contributed by atoms with van der Waals surface area (Å²) in [6, 6.07) is 2.85. The number of likely N-dealkylation sites (tertiary alicyclic amines) is 1. The first kappa shape index (κ1) is 50.8. The number of hydrogen-bond donors (Lipinski definition) is 3. The number of piperazine rings is 1. The summed E-state index contributed by atoms with van der Waals surface area (Å²) >= 11 is 8.69. The first-order chi connectivity index (χ1) is 32.6. The predicted molar refractivity (Wildman–Crippen MR) is 255 cm³/mol. The average Bonchev–Trinajstić information content (AvgIpc) is 3.95. The maximum Gasteiger partial charge on any atom is 0.408 e. The van der Waals surface area contributed by atoms with Crippen LogP contribution in [0.15, 0.2) is 35.8 Å². The Bertz CT molecular complexity index is 2320. The summed E-state index contributed by atoms with van der Waals surface area (Å²) in [7, 11) is 1.25. The number of nitrogens with zero attached hydrogens (tertiary/aromatic N) is 5. The summed E-state index contributed by atoms with van der Waals surface area (Å²) in [6.07, 6.45) is -1.26. The van der Waals surface area contributed by atoms with E-state index in [1.54, 1.807) is 36.0 Å². The number of fused-ring (bicyclic) bond motifs is 2. The Morgan fingerprint density at radius 1 is 1.01 bits per heavy atom. The highest BCUT2D eigenvalue weighted by Gasteiger charge is 2.62. The van der Waals surface area contributed by atoms with Gasteiger partial charge in [0, 0.05) is 68.3 Å². The molecule has 2 aromatic rings. The number of methoxy groups -OCH3 is 1. The monoisotopic (exact) mass is 1000 g/mol. The fraction of sp³-hybridized carbons (Fsp3) is 0.667. The van der Waals surface area contributed by atoms with Gasteiger partial charge in [0.1, 0.15) is 59.0 Å². The van der Waals surface area contributed by atoms with E-state index in [0.717, 1.165) is 24.4 Å². The number of halogens is 4. The summed E-state index contributed by atoms with van der Waals surface area (Å²) in [5.74, 6) is 0.397. The number of alkyl carbamates (subject to hydrolysis) is 1. The van der Waals surface area contributed by atoms with Gasteiger partial charge in [-0.3, -0.25) is 24.4 Å². The lowest BCUT2D eigenvalue weighted by Gasteiger charge is -2.35. The second kappa shape index (κ2) is 20.3. The Balaban J connectivity index is 1.06. The molecule has 378 valence electrons. The minimum Gasteiger partial charge on any atom is -0.491 e. The van der Waals surface area contributed by atoms with Crippen LogP contribution in [0.3, 0.4) is 0 Å². The van der Waals surface area contributed by atoms with Crippen molar-refractivity contribution < 1.29 is 51.3 Å². The second-order valence-electron chi connectivity index (χ2n) is 20.6. The Hall–Kier alpha value is -4.53. The topological polar surface area (TPSA) is 176 Å². The van der Waals surface area contributed by atoms with Crippen molar-refractivity contribution in [3.05, 3.63) is 41.6 Å². The fourth-order valence-electron chi connectivity index (χ4n) is 10.1. The molecule has 0 radical (unpaired) electrons.